The Labute approximate surface area is 93.4 Å². The fourth-order valence-corrected chi connectivity index (χ4v) is 1.27. The lowest BCUT2D eigenvalue weighted by atomic mass is 10.1. The number of amides is 1. The van der Waals surface area contributed by atoms with E-state index in [0.717, 1.165) is 5.56 Å². The monoisotopic (exact) mass is 228 g/mol. The molecule has 1 atom stereocenters. The van der Waals surface area contributed by atoms with Crippen LogP contribution in [0.4, 0.5) is 4.79 Å². The summed E-state index contributed by atoms with van der Waals surface area (Å²) in [4.78, 5) is 10.8. The number of rotatable bonds is 3. The van der Waals surface area contributed by atoms with Crippen LogP contribution < -0.4 is 11.1 Å². The van der Waals surface area contributed by atoms with Gasteiger partial charge in [-0.3, -0.25) is 0 Å². The summed E-state index contributed by atoms with van der Waals surface area (Å²) in [6, 6.07) is 6.79. The number of nitrogens with one attached hydrogen (secondary N) is 1. The van der Waals surface area contributed by atoms with Crippen molar-refractivity contribution in [1.82, 2.24) is 5.32 Å². The molecule has 0 aliphatic heterocycles. The molecule has 0 aromatic heterocycles. The summed E-state index contributed by atoms with van der Waals surface area (Å²) in [5.74, 6) is 0. The zero-order valence-electron chi connectivity index (χ0n) is 8.37. The van der Waals surface area contributed by atoms with E-state index < -0.39 is 6.09 Å². The first kappa shape index (κ1) is 11.8. The van der Waals surface area contributed by atoms with Crippen LogP contribution in [0, 0.1) is 0 Å². The first-order chi connectivity index (χ1) is 7.13. The fourth-order valence-electron chi connectivity index (χ4n) is 1.07. The number of ether oxygens (including phenoxy) is 1. The second-order valence-electron chi connectivity index (χ2n) is 3.01. The Hall–Kier alpha value is -1.26. The quantitative estimate of drug-likeness (QED) is 0.828. The Balaban J connectivity index is 2.53. The van der Waals surface area contributed by atoms with Crippen LogP contribution >= 0.6 is 11.6 Å². The van der Waals surface area contributed by atoms with Gasteiger partial charge in [-0.05, 0) is 17.7 Å². The lowest BCUT2D eigenvalue weighted by Crippen LogP contribution is -2.25. The number of benzene rings is 1. The summed E-state index contributed by atoms with van der Waals surface area (Å²) >= 11 is 5.80. The van der Waals surface area contributed by atoms with Crippen molar-refractivity contribution in [2.75, 3.05) is 13.7 Å². The number of nitrogens with two attached hydrogens (primary N) is 1. The van der Waals surface area contributed by atoms with Crippen molar-refractivity contribution in [2.24, 2.45) is 5.73 Å². The largest absolute Gasteiger partial charge is 0.448 e. The van der Waals surface area contributed by atoms with Gasteiger partial charge in [0.25, 0.3) is 0 Å². The van der Waals surface area contributed by atoms with Crippen LogP contribution in [0.5, 0.6) is 0 Å². The Morgan fingerprint density at radius 1 is 1.67 bits per heavy atom. The first-order valence-electron chi connectivity index (χ1n) is 4.49. The summed E-state index contributed by atoms with van der Waals surface area (Å²) in [6.07, 6.45) is -0.493. The van der Waals surface area contributed by atoms with Crippen LogP contribution in [-0.2, 0) is 4.74 Å². The number of hydrogen-bond donors (Lipinski definition) is 2. The number of carbonyl (C=O) groups excluding carboxylic acids is 1. The predicted octanol–water partition coefficient (Wildman–Crippen LogP) is 1.70. The summed E-state index contributed by atoms with van der Waals surface area (Å²) in [5, 5.41) is 2.95. The molecule has 82 valence electrons. The van der Waals surface area contributed by atoms with E-state index in [2.05, 4.69) is 5.32 Å². The number of carbonyl (C=O) groups is 1. The van der Waals surface area contributed by atoms with E-state index in [1.165, 1.54) is 7.05 Å². The normalized spacial score (nSPS) is 11.9. The van der Waals surface area contributed by atoms with E-state index in [1.807, 2.05) is 6.07 Å². The molecule has 4 nitrogen and oxygen atoms in total. The highest BCUT2D eigenvalue weighted by Gasteiger charge is 2.08. The van der Waals surface area contributed by atoms with Gasteiger partial charge >= 0.3 is 6.09 Å². The standard InChI is InChI=1S/C10H13ClN2O2/c1-13-10(14)15-6-9(12)7-3-2-4-8(11)5-7/h2-5,9H,6,12H2,1H3,(H,13,14)/t9-/m1/s1. The fraction of sp³-hybridized carbons (Fsp3) is 0.300. The predicted molar refractivity (Wildman–Crippen MR) is 58.8 cm³/mol. The molecular formula is C10H13ClN2O2. The zero-order chi connectivity index (χ0) is 11.3. The molecule has 1 amide bonds. The molecule has 0 fully saturated rings. The molecular weight excluding hydrogens is 216 g/mol. The summed E-state index contributed by atoms with van der Waals surface area (Å²) < 4.78 is 4.83. The molecule has 15 heavy (non-hydrogen) atoms. The number of halogens is 1. The highest BCUT2D eigenvalue weighted by atomic mass is 35.5. The van der Waals surface area contributed by atoms with Crippen molar-refractivity contribution in [3.05, 3.63) is 34.9 Å². The van der Waals surface area contributed by atoms with E-state index in [-0.39, 0.29) is 12.6 Å². The van der Waals surface area contributed by atoms with E-state index in [0.29, 0.717) is 5.02 Å². The molecule has 0 heterocycles. The smallest absolute Gasteiger partial charge is 0.406 e. The summed E-state index contributed by atoms with van der Waals surface area (Å²) in [6.45, 7) is 0.125. The van der Waals surface area contributed by atoms with Crippen LogP contribution in [-0.4, -0.2) is 19.7 Å². The zero-order valence-corrected chi connectivity index (χ0v) is 9.12. The van der Waals surface area contributed by atoms with Crippen LogP contribution in [0.2, 0.25) is 5.02 Å². The van der Waals surface area contributed by atoms with Crippen LogP contribution in [0.25, 0.3) is 0 Å². The summed E-state index contributed by atoms with van der Waals surface area (Å²) in [5.41, 5.74) is 6.64. The molecule has 0 radical (unpaired) electrons. The van der Waals surface area contributed by atoms with Crippen LogP contribution in [0.3, 0.4) is 0 Å². The number of alkyl carbamates (subject to hydrolysis) is 1. The van der Waals surface area contributed by atoms with E-state index in [1.54, 1.807) is 18.2 Å². The van der Waals surface area contributed by atoms with Crippen molar-refractivity contribution in [3.8, 4) is 0 Å². The van der Waals surface area contributed by atoms with Gasteiger partial charge in [-0.15, -0.1) is 0 Å². The van der Waals surface area contributed by atoms with Gasteiger partial charge in [0.05, 0.1) is 6.04 Å². The molecule has 0 saturated carbocycles. The van der Waals surface area contributed by atoms with Crippen LogP contribution in [0.15, 0.2) is 24.3 Å². The van der Waals surface area contributed by atoms with Gasteiger partial charge in [-0.1, -0.05) is 23.7 Å². The molecule has 0 spiro atoms. The Bertz CT molecular complexity index is 344. The molecule has 1 rings (SSSR count). The molecule has 0 saturated heterocycles. The van der Waals surface area contributed by atoms with Gasteiger partial charge in [0, 0.05) is 12.1 Å². The van der Waals surface area contributed by atoms with Gasteiger partial charge in [-0.2, -0.15) is 0 Å². The van der Waals surface area contributed by atoms with Gasteiger partial charge in [0.15, 0.2) is 0 Å². The molecule has 1 aromatic rings. The molecule has 1 aromatic carbocycles. The minimum atomic E-state index is -0.493. The van der Waals surface area contributed by atoms with Crippen molar-refractivity contribution < 1.29 is 9.53 Å². The Morgan fingerprint density at radius 3 is 3.00 bits per heavy atom. The lowest BCUT2D eigenvalue weighted by molar-refractivity contribution is 0.141. The van der Waals surface area contributed by atoms with E-state index >= 15 is 0 Å². The molecule has 0 unspecified atom stereocenters. The van der Waals surface area contributed by atoms with Gasteiger partial charge in [-0.25, -0.2) is 4.79 Å². The van der Waals surface area contributed by atoms with Gasteiger partial charge in [0.1, 0.15) is 6.61 Å². The topological polar surface area (TPSA) is 64.3 Å². The SMILES string of the molecule is CNC(=O)OC[C@@H](N)c1cccc(Cl)c1. The number of hydrogen-bond acceptors (Lipinski definition) is 3. The second kappa shape index (κ2) is 5.58. The lowest BCUT2D eigenvalue weighted by Gasteiger charge is -2.12. The average molecular weight is 229 g/mol. The minimum Gasteiger partial charge on any atom is -0.448 e. The third-order valence-corrected chi connectivity index (χ3v) is 2.11. The highest BCUT2D eigenvalue weighted by Crippen LogP contribution is 2.16. The van der Waals surface area contributed by atoms with Crippen molar-refractivity contribution in [1.29, 1.82) is 0 Å². The highest BCUT2D eigenvalue weighted by molar-refractivity contribution is 6.30. The van der Waals surface area contributed by atoms with Gasteiger partial charge in [0.2, 0.25) is 0 Å². The average Bonchev–Trinajstić information content (AvgIpc) is 2.25. The maximum atomic E-state index is 10.8. The van der Waals surface area contributed by atoms with Crippen molar-refractivity contribution in [2.45, 2.75) is 6.04 Å². The molecule has 5 heteroatoms. The van der Waals surface area contributed by atoms with Crippen LogP contribution in [0.1, 0.15) is 11.6 Å². The van der Waals surface area contributed by atoms with E-state index in [4.69, 9.17) is 22.1 Å². The maximum absolute atomic E-state index is 10.8. The first-order valence-corrected chi connectivity index (χ1v) is 4.87. The third kappa shape index (κ3) is 3.77. The van der Waals surface area contributed by atoms with E-state index in [9.17, 15) is 4.79 Å². The minimum absolute atomic E-state index is 0.125. The Morgan fingerprint density at radius 2 is 2.40 bits per heavy atom. The molecule has 0 aliphatic rings. The molecule has 0 aliphatic carbocycles. The Kier molecular flexibility index (Phi) is 4.39. The molecule has 0 bridgehead atoms. The van der Waals surface area contributed by atoms with Crippen molar-refractivity contribution in [3.63, 3.8) is 0 Å². The third-order valence-electron chi connectivity index (χ3n) is 1.87. The molecule has 3 N–H and O–H groups in total. The van der Waals surface area contributed by atoms with Gasteiger partial charge < -0.3 is 15.8 Å². The summed E-state index contributed by atoms with van der Waals surface area (Å²) in [7, 11) is 1.49. The second-order valence-corrected chi connectivity index (χ2v) is 3.45. The van der Waals surface area contributed by atoms with Crippen molar-refractivity contribution >= 4 is 17.7 Å². The maximum Gasteiger partial charge on any atom is 0.406 e.